The number of hydrogen-bond donors (Lipinski definition) is 1. The topological polar surface area (TPSA) is 70.0 Å². The molecule has 5 nitrogen and oxygen atoms in total. The van der Waals surface area contributed by atoms with Gasteiger partial charge >= 0.3 is 5.69 Å². The minimum atomic E-state index is -0.557. The van der Waals surface area contributed by atoms with Crippen molar-refractivity contribution in [3.8, 4) is 0 Å². The summed E-state index contributed by atoms with van der Waals surface area (Å²) in [6, 6.07) is 5.52. The van der Waals surface area contributed by atoms with E-state index in [1.165, 1.54) is 29.0 Å². The minimum Gasteiger partial charge on any atom is -0.389 e. The molecule has 0 saturated heterocycles. The van der Waals surface area contributed by atoms with Gasteiger partial charge in [0.2, 0.25) is 0 Å². The Kier molecular flexibility index (Phi) is 4.32. The zero-order valence-electron chi connectivity index (χ0n) is 11.4. The summed E-state index contributed by atoms with van der Waals surface area (Å²) in [6.45, 7) is 2.08. The van der Waals surface area contributed by atoms with Crippen molar-refractivity contribution < 1.29 is 4.39 Å². The molecule has 7 heteroatoms. The Hall–Kier alpha value is -2.28. The first-order chi connectivity index (χ1) is 9.93. The van der Waals surface area contributed by atoms with E-state index in [0.29, 0.717) is 12.1 Å². The fraction of sp³-hybridized carbons (Fsp3) is 0.214. The van der Waals surface area contributed by atoms with E-state index in [9.17, 15) is 14.0 Å². The lowest BCUT2D eigenvalue weighted by molar-refractivity contribution is 0.565. The maximum absolute atomic E-state index is 14.0. The molecule has 2 rings (SSSR count). The third-order valence-electron chi connectivity index (χ3n) is 3.15. The first-order valence-corrected chi connectivity index (χ1v) is 6.73. The van der Waals surface area contributed by atoms with Crippen molar-refractivity contribution in [3.05, 3.63) is 68.2 Å². The minimum absolute atomic E-state index is 0.0886. The molecule has 0 saturated carbocycles. The largest absolute Gasteiger partial charge is 0.389 e. The van der Waals surface area contributed by atoms with Crippen LogP contribution in [0.5, 0.6) is 0 Å². The van der Waals surface area contributed by atoms with E-state index >= 15 is 0 Å². The molecule has 2 N–H and O–H groups in total. The molecule has 110 valence electrons. The number of thiocarbonyl (C=S) groups is 1. The van der Waals surface area contributed by atoms with E-state index in [2.05, 4.69) is 0 Å². The quantitative estimate of drug-likeness (QED) is 0.850. The van der Waals surface area contributed by atoms with Crippen molar-refractivity contribution in [1.82, 2.24) is 9.13 Å². The molecule has 0 bridgehead atoms. The summed E-state index contributed by atoms with van der Waals surface area (Å²) < 4.78 is 16.4. The molecule has 0 unspecified atom stereocenters. The zero-order valence-corrected chi connectivity index (χ0v) is 12.2. The van der Waals surface area contributed by atoms with Gasteiger partial charge in [-0.05, 0) is 13.0 Å². The lowest BCUT2D eigenvalue weighted by Gasteiger charge is -2.09. The zero-order chi connectivity index (χ0) is 15.6. The van der Waals surface area contributed by atoms with Gasteiger partial charge in [-0.3, -0.25) is 9.36 Å². The molecule has 0 amide bonds. The van der Waals surface area contributed by atoms with Crippen LogP contribution in [0.1, 0.15) is 18.1 Å². The molecular formula is C14H14FN3O2S. The highest BCUT2D eigenvalue weighted by Crippen LogP contribution is 2.11. The second-order valence-electron chi connectivity index (χ2n) is 4.48. The Bertz CT molecular complexity index is 811. The monoisotopic (exact) mass is 307 g/mol. The highest BCUT2D eigenvalue weighted by atomic mass is 32.1. The Morgan fingerprint density at radius 2 is 2.05 bits per heavy atom. The van der Waals surface area contributed by atoms with Gasteiger partial charge in [0.05, 0.1) is 6.54 Å². The summed E-state index contributed by atoms with van der Waals surface area (Å²) in [4.78, 5) is 23.9. The Morgan fingerprint density at radius 3 is 2.62 bits per heavy atom. The van der Waals surface area contributed by atoms with Gasteiger partial charge in [0.25, 0.3) is 5.56 Å². The first-order valence-electron chi connectivity index (χ1n) is 6.32. The molecular weight excluding hydrogens is 293 g/mol. The Morgan fingerprint density at radius 1 is 1.33 bits per heavy atom. The highest BCUT2D eigenvalue weighted by Gasteiger charge is 2.10. The van der Waals surface area contributed by atoms with E-state index < -0.39 is 17.1 Å². The van der Waals surface area contributed by atoms with Crippen LogP contribution in [0.4, 0.5) is 4.39 Å². The van der Waals surface area contributed by atoms with Crippen molar-refractivity contribution in [2.24, 2.45) is 5.73 Å². The van der Waals surface area contributed by atoms with Crippen molar-refractivity contribution in [2.45, 2.75) is 20.0 Å². The molecule has 21 heavy (non-hydrogen) atoms. The molecule has 0 aliphatic carbocycles. The lowest BCUT2D eigenvalue weighted by atomic mass is 10.1. The first kappa shape index (κ1) is 15.1. The van der Waals surface area contributed by atoms with Crippen LogP contribution in [-0.4, -0.2) is 14.1 Å². The van der Waals surface area contributed by atoms with Crippen molar-refractivity contribution in [1.29, 1.82) is 0 Å². The summed E-state index contributed by atoms with van der Waals surface area (Å²) in [5.74, 6) is -0.557. The van der Waals surface area contributed by atoms with Gasteiger partial charge in [-0.15, -0.1) is 0 Å². The molecule has 0 aliphatic heterocycles. The van der Waals surface area contributed by atoms with Gasteiger partial charge in [0.1, 0.15) is 10.8 Å². The van der Waals surface area contributed by atoms with E-state index in [-0.39, 0.29) is 17.1 Å². The number of benzene rings is 1. The van der Waals surface area contributed by atoms with Crippen LogP contribution in [0.15, 0.2) is 40.1 Å². The average Bonchev–Trinajstić information content (AvgIpc) is 2.44. The lowest BCUT2D eigenvalue weighted by Crippen LogP contribution is -2.39. The number of nitrogens with two attached hydrogens (primary N) is 1. The van der Waals surface area contributed by atoms with Crippen LogP contribution in [0.3, 0.4) is 0 Å². The summed E-state index contributed by atoms with van der Waals surface area (Å²) in [5, 5.41) is 0. The maximum atomic E-state index is 14.0. The molecule has 0 spiro atoms. The molecule has 0 aliphatic rings. The summed E-state index contributed by atoms with van der Waals surface area (Å²) in [6.07, 6.45) is 1.42. The maximum Gasteiger partial charge on any atom is 0.331 e. The van der Waals surface area contributed by atoms with E-state index in [0.717, 1.165) is 4.57 Å². The SMILES string of the molecule is CCn1ccc(=O)n(Cc2ccc(C(N)=S)cc2F)c1=O. The molecule has 0 atom stereocenters. The molecule has 2 aromatic rings. The van der Waals surface area contributed by atoms with Gasteiger partial charge in [-0.2, -0.15) is 0 Å². The van der Waals surface area contributed by atoms with Crippen LogP contribution >= 0.6 is 12.2 Å². The number of halogens is 1. The van der Waals surface area contributed by atoms with Crippen LogP contribution in [0.2, 0.25) is 0 Å². The van der Waals surface area contributed by atoms with Crippen molar-refractivity contribution in [3.63, 3.8) is 0 Å². The summed E-state index contributed by atoms with van der Waals surface area (Å²) >= 11 is 4.77. The number of aryl methyl sites for hydroxylation is 1. The summed E-state index contributed by atoms with van der Waals surface area (Å²) in [5.41, 5.74) is 5.11. The van der Waals surface area contributed by atoms with Crippen LogP contribution < -0.4 is 17.0 Å². The fourth-order valence-corrected chi connectivity index (χ4v) is 2.07. The standard InChI is InChI=1S/C14H14FN3O2S/c1-2-17-6-5-12(19)18(14(17)20)8-10-4-3-9(13(16)21)7-11(10)15/h3-7H,2,8H2,1H3,(H2,16,21). The smallest absolute Gasteiger partial charge is 0.331 e. The predicted octanol–water partition coefficient (Wildman–Crippen LogP) is 0.852. The van der Waals surface area contributed by atoms with Gasteiger partial charge in [-0.25, -0.2) is 9.18 Å². The Balaban J connectivity index is 2.46. The Labute approximate surface area is 125 Å². The van der Waals surface area contributed by atoms with Crippen molar-refractivity contribution in [2.75, 3.05) is 0 Å². The normalized spacial score (nSPS) is 10.6. The molecule has 1 aromatic carbocycles. The van der Waals surface area contributed by atoms with E-state index in [1.807, 2.05) is 0 Å². The number of rotatable bonds is 4. The molecule has 0 radical (unpaired) electrons. The molecule has 1 aromatic heterocycles. The highest BCUT2D eigenvalue weighted by molar-refractivity contribution is 7.80. The number of hydrogen-bond acceptors (Lipinski definition) is 3. The van der Waals surface area contributed by atoms with Gasteiger partial charge in [0.15, 0.2) is 0 Å². The fourth-order valence-electron chi connectivity index (χ4n) is 1.94. The average molecular weight is 307 g/mol. The van der Waals surface area contributed by atoms with Crippen LogP contribution in [0, 0.1) is 5.82 Å². The second kappa shape index (κ2) is 6.01. The third kappa shape index (κ3) is 3.08. The van der Waals surface area contributed by atoms with Crippen LogP contribution in [0.25, 0.3) is 0 Å². The van der Waals surface area contributed by atoms with Gasteiger partial charge < -0.3 is 10.3 Å². The molecule has 0 fully saturated rings. The number of aromatic nitrogens is 2. The molecule has 1 heterocycles. The predicted molar refractivity (Wildman–Crippen MR) is 82.0 cm³/mol. The number of nitrogens with zero attached hydrogens (tertiary/aromatic N) is 2. The van der Waals surface area contributed by atoms with Gasteiger partial charge in [0, 0.05) is 29.9 Å². The van der Waals surface area contributed by atoms with E-state index in [4.69, 9.17) is 18.0 Å². The van der Waals surface area contributed by atoms with Crippen molar-refractivity contribution >= 4 is 17.2 Å². The second-order valence-corrected chi connectivity index (χ2v) is 4.92. The van der Waals surface area contributed by atoms with Gasteiger partial charge in [-0.1, -0.05) is 24.4 Å². The van der Waals surface area contributed by atoms with Crippen LogP contribution in [-0.2, 0) is 13.1 Å². The summed E-state index contributed by atoms with van der Waals surface area (Å²) in [7, 11) is 0. The van der Waals surface area contributed by atoms with E-state index in [1.54, 1.807) is 13.0 Å². The third-order valence-corrected chi connectivity index (χ3v) is 3.38.